The summed E-state index contributed by atoms with van der Waals surface area (Å²) in [5.74, 6) is -1.03. The number of H-pyrrole nitrogens is 1. The zero-order valence-corrected chi connectivity index (χ0v) is 14.9. The number of aromatic amines is 1. The van der Waals surface area contributed by atoms with E-state index in [0.29, 0.717) is 38.4 Å². The lowest BCUT2D eigenvalue weighted by Gasteiger charge is -2.36. The molecule has 6 nitrogen and oxygen atoms in total. The normalized spacial score (nSPS) is 16.8. The minimum absolute atomic E-state index is 0. The molecule has 2 aliphatic rings. The second kappa shape index (κ2) is 7.59. The number of carbonyl (C=O) groups excluding carboxylic acids is 1. The highest BCUT2D eigenvalue weighted by Crippen LogP contribution is 2.23. The predicted octanol–water partition coefficient (Wildman–Crippen LogP) is 1.72. The monoisotopic (exact) mass is 383 g/mol. The van der Waals surface area contributed by atoms with Crippen molar-refractivity contribution in [2.24, 2.45) is 0 Å². The van der Waals surface area contributed by atoms with Crippen molar-refractivity contribution in [1.29, 1.82) is 0 Å². The van der Waals surface area contributed by atoms with Crippen molar-refractivity contribution in [2.45, 2.75) is 13.0 Å². The minimum Gasteiger partial charge on any atom is -0.366 e. The summed E-state index contributed by atoms with van der Waals surface area (Å²) in [5.41, 5.74) is 2.67. The van der Waals surface area contributed by atoms with Crippen LogP contribution < -0.4 is 10.2 Å². The largest absolute Gasteiger partial charge is 0.366 e. The Hall–Kier alpha value is -2.19. The fraction of sp³-hybridized carbons (Fsp3) is 0.412. The highest BCUT2D eigenvalue weighted by atomic mass is 35.5. The van der Waals surface area contributed by atoms with Crippen molar-refractivity contribution < 1.29 is 13.6 Å². The molecular formula is C17H20ClF2N5O. The molecule has 1 fully saturated rings. The first-order chi connectivity index (χ1) is 12.1. The number of halogens is 3. The summed E-state index contributed by atoms with van der Waals surface area (Å²) in [6, 6.07) is 3.43. The topological polar surface area (TPSA) is 64.3 Å². The fourth-order valence-electron chi connectivity index (χ4n) is 3.43. The van der Waals surface area contributed by atoms with Crippen LogP contribution in [0, 0.1) is 11.6 Å². The van der Waals surface area contributed by atoms with E-state index in [2.05, 4.69) is 15.5 Å². The molecule has 26 heavy (non-hydrogen) atoms. The van der Waals surface area contributed by atoms with E-state index in [4.69, 9.17) is 0 Å². The molecule has 3 heterocycles. The Bertz CT molecular complexity index is 804. The third-order valence-electron chi connectivity index (χ3n) is 4.82. The molecule has 0 radical (unpaired) electrons. The number of hydrogen-bond acceptors (Lipinski definition) is 4. The summed E-state index contributed by atoms with van der Waals surface area (Å²) in [4.78, 5) is 16.2. The third-order valence-corrected chi connectivity index (χ3v) is 4.82. The third kappa shape index (κ3) is 3.39. The Morgan fingerprint density at radius 2 is 1.92 bits per heavy atom. The Kier molecular flexibility index (Phi) is 5.43. The molecular weight excluding hydrogens is 364 g/mol. The molecule has 1 amide bonds. The van der Waals surface area contributed by atoms with Crippen LogP contribution >= 0.6 is 12.4 Å². The number of anilines is 1. The summed E-state index contributed by atoms with van der Waals surface area (Å²) >= 11 is 0. The summed E-state index contributed by atoms with van der Waals surface area (Å²) < 4.78 is 27.3. The number of aromatic nitrogens is 2. The Labute approximate surface area is 156 Å². The molecule has 1 saturated heterocycles. The predicted molar refractivity (Wildman–Crippen MR) is 95.7 cm³/mol. The zero-order chi connectivity index (χ0) is 17.4. The second-order valence-corrected chi connectivity index (χ2v) is 6.33. The van der Waals surface area contributed by atoms with Gasteiger partial charge >= 0.3 is 0 Å². The van der Waals surface area contributed by atoms with Gasteiger partial charge in [-0.15, -0.1) is 12.4 Å². The second-order valence-electron chi connectivity index (χ2n) is 6.33. The molecule has 1 aromatic heterocycles. The quantitative estimate of drug-likeness (QED) is 0.828. The molecule has 1 aromatic carbocycles. The van der Waals surface area contributed by atoms with E-state index in [0.717, 1.165) is 36.4 Å². The standard InChI is InChI=1S/C17H19F2N5O.ClH/c18-11-1-2-13(19)15(9-11)23-5-7-24(8-6-23)17(25)16-12-10-20-4-3-14(12)21-22-16;/h1-2,9,20H,3-8,10H2,(H,21,22);1H. The van der Waals surface area contributed by atoms with Gasteiger partial charge in [-0.2, -0.15) is 5.10 Å². The van der Waals surface area contributed by atoms with Crippen molar-refractivity contribution in [3.63, 3.8) is 0 Å². The zero-order valence-electron chi connectivity index (χ0n) is 14.1. The van der Waals surface area contributed by atoms with Crippen molar-refractivity contribution in [3.8, 4) is 0 Å². The summed E-state index contributed by atoms with van der Waals surface area (Å²) in [6.07, 6.45) is 0.836. The average Bonchev–Trinajstić information content (AvgIpc) is 3.07. The average molecular weight is 384 g/mol. The van der Waals surface area contributed by atoms with Crippen LogP contribution in [0.1, 0.15) is 21.7 Å². The summed E-state index contributed by atoms with van der Waals surface area (Å²) in [6.45, 7) is 3.32. The smallest absolute Gasteiger partial charge is 0.274 e. The fourth-order valence-corrected chi connectivity index (χ4v) is 3.43. The molecule has 0 saturated carbocycles. The molecule has 0 bridgehead atoms. The van der Waals surface area contributed by atoms with Crippen LogP contribution in [0.25, 0.3) is 0 Å². The van der Waals surface area contributed by atoms with E-state index in [1.807, 2.05) is 0 Å². The number of piperazine rings is 1. The van der Waals surface area contributed by atoms with Gasteiger partial charge in [0.2, 0.25) is 0 Å². The van der Waals surface area contributed by atoms with E-state index in [-0.39, 0.29) is 24.0 Å². The van der Waals surface area contributed by atoms with Gasteiger partial charge in [0.05, 0.1) is 5.69 Å². The van der Waals surface area contributed by atoms with Gasteiger partial charge in [0.15, 0.2) is 5.69 Å². The highest BCUT2D eigenvalue weighted by Gasteiger charge is 2.28. The first-order valence-corrected chi connectivity index (χ1v) is 8.39. The van der Waals surface area contributed by atoms with Crippen LogP contribution in [0.4, 0.5) is 14.5 Å². The molecule has 2 aliphatic heterocycles. The van der Waals surface area contributed by atoms with Crippen LogP contribution in [0.3, 0.4) is 0 Å². The van der Waals surface area contributed by atoms with Gasteiger partial charge in [-0.1, -0.05) is 0 Å². The lowest BCUT2D eigenvalue weighted by atomic mass is 10.1. The van der Waals surface area contributed by atoms with E-state index in [1.54, 1.807) is 9.80 Å². The first-order valence-electron chi connectivity index (χ1n) is 8.39. The van der Waals surface area contributed by atoms with Gasteiger partial charge in [0.25, 0.3) is 5.91 Å². The number of benzene rings is 1. The molecule has 0 atom stereocenters. The molecule has 0 spiro atoms. The maximum atomic E-state index is 13.9. The van der Waals surface area contributed by atoms with Gasteiger partial charge in [0.1, 0.15) is 11.6 Å². The van der Waals surface area contributed by atoms with Crippen molar-refractivity contribution in [2.75, 3.05) is 37.6 Å². The molecule has 9 heteroatoms. The van der Waals surface area contributed by atoms with E-state index in [1.165, 1.54) is 6.07 Å². The van der Waals surface area contributed by atoms with Crippen molar-refractivity contribution in [1.82, 2.24) is 20.4 Å². The van der Waals surface area contributed by atoms with E-state index >= 15 is 0 Å². The summed E-state index contributed by atoms with van der Waals surface area (Å²) in [7, 11) is 0. The number of nitrogens with one attached hydrogen (secondary N) is 2. The van der Waals surface area contributed by atoms with Crippen molar-refractivity contribution >= 4 is 24.0 Å². The van der Waals surface area contributed by atoms with Crippen molar-refractivity contribution in [3.05, 3.63) is 46.8 Å². The van der Waals surface area contributed by atoms with E-state index in [9.17, 15) is 13.6 Å². The van der Waals surface area contributed by atoms with Crippen LogP contribution in [-0.4, -0.2) is 53.7 Å². The number of carbonyl (C=O) groups is 1. The molecule has 140 valence electrons. The van der Waals surface area contributed by atoms with Gasteiger partial charge in [-0.05, 0) is 12.1 Å². The van der Waals surface area contributed by atoms with Gasteiger partial charge < -0.3 is 15.1 Å². The molecule has 0 unspecified atom stereocenters. The SMILES string of the molecule is Cl.O=C(c1n[nH]c2c1CNCC2)N1CCN(c2cc(F)ccc2F)CC1. The van der Waals surface area contributed by atoms with Gasteiger partial charge in [-0.25, -0.2) is 8.78 Å². The van der Waals surface area contributed by atoms with Crippen LogP contribution in [0.2, 0.25) is 0 Å². The summed E-state index contributed by atoms with van der Waals surface area (Å²) in [5, 5.41) is 10.4. The lowest BCUT2D eigenvalue weighted by molar-refractivity contribution is 0.0739. The number of nitrogens with zero attached hydrogens (tertiary/aromatic N) is 3. The molecule has 2 N–H and O–H groups in total. The molecule has 2 aromatic rings. The van der Waals surface area contributed by atoms with Gasteiger partial charge in [0, 0.05) is 63.0 Å². The number of amides is 1. The lowest BCUT2D eigenvalue weighted by Crippen LogP contribution is -2.49. The Morgan fingerprint density at radius 1 is 1.15 bits per heavy atom. The Morgan fingerprint density at radius 3 is 2.69 bits per heavy atom. The highest BCUT2D eigenvalue weighted by molar-refractivity contribution is 5.94. The number of fused-ring (bicyclic) bond motifs is 1. The Balaban J connectivity index is 0.00000196. The molecule has 4 rings (SSSR count). The van der Waals surface area contributed by atoms with Gasteiger partial charge in [-0.3, -0.25) is 9.89 Å². The van der Waals surface area contributed by atoms with E-state index < -0.39 is 11.6 Å². The maximum absolute atomic E-state index is 13.9. The first kappa shape index (κ1) is 18.6. The maximum Gasteiger partial charge on any atom is 0.274 e. The van der Waals surface area contributed by atoms with Crippen LogP contribution in [0.15, 0.2) is 18.2 Å². The number of hydrogen-bond donors (Lipinski definition) is 2. The van der Waals surface area contributed by atoms with Crippen LogP contribution in [-0.2, 0) is 13.0 Å². The van der Waals surface area contributed by atoms with Crippen LogP contribution in [0.5, 0.6) is 0 Å². The minimum atomic E-state index is -0.467. The number of rotatable bonds is 2. The molecule has 0 aliphatic carbocycles.